The summed E-state index contributed by atoms with van der Waals surface area (Å²) in [5.41, 5.74) is -1.09. The van der Waals surface area contributed by atoms with Crippen LogP contribution in [0.1, 0.15) is 54.4 Å². The second-order valence-corrected chi connectivity index (χ2v) is 7.39. The molecule has 5 nitrogen and oxygen atoms in total. The molecule has 5 heteroatoms. The molecule has 1 atom stereocenters. The third-order valence-corrected chi connectivity index (χ3v) is 4.12. The third-order valence-electron chi connectivity index (χ3n) is 4.12. The SMILES string of the molecule is CC1CCCN1C(C)(C)C(=O)NC(=N)/C=C(\O)C(C)(C)C. The van der Waals surface area contributed by atoms with Crippen molar-refractivity contribution in [2.45, 2.75) is 66.0 Å². The number of nitrogens with zero attached hydrogens (tertiary/aromatic N) is 1. The summed E-state index contributed by atoms with van der Waals surface area (Å²) in [4.78, 5) is 14.6. The van der Waals surface area contributed by atoms with E-state index in [2.05, 4.69) is 17.1 Å². The van der Waals surface area contributed by atoms with E-state index in [9.17, 15) is 9.90 Å². The van der Waals surface area contributed by atoms with Crippen LogP contribution in [-0.2, 0) is 4.79 Å². The molecule has 1 amide bonds. The Morgan fingerprint density at radius 1 is 1.33 bits per heavy atom. The summed E-state index contributed by atoms with van der Waals surface area (Å²) in [5, 5.41) is 20.3. The van der Waals surface area contributed by atoms with Crippen molar-refractivity contribution in [1.82, 2.24) is 10.2 Å². The molecule has 1 aliphatic heterocycles. The lowest BCUT2D eigenvalue weighted by molar-refractivity contribution is -0.130. The van der Waals surface area contributed by atoms with E-state index >= 15 is 0 Å². The maximum atomic E-state index is 12.4. The summed E-state index contributed by atoms with van der Waals surface area (Å²) in [6.45, 7) is 12.3. The number of carbonyl (C=O) groups is 1. The fourth-order valence-electron chi connectivity index (χ4n) is 2.56. The summed E-state index contributed by atoms with van der Waals surface area (Å²) >= 11 is 0. The Morgan fingerprint density at radius 2 is 1.90 bits per heavy atom. The quantitative estimate of drug-likeness (QED) is 0.426. The van der Waals surface area contributed by atoms with Gasteiger partial charge < -0.3 is 10.4 Å². The Kier molecular flexibility index (Phi) is 5.20. The highest BCUT2D eigenvalue weighted by atomic mass is 16.3. The van der Waals surface area contributed by atoms with Crippen molar-refractivity contribution in [1.29, 1.82) is 5.41 Å². The molecule has 1 unspecified atom stereocenters. The first-order valence-electron chi connectivity index (χ1n) is 7.54. The number of aliphatic hydroxyl groups is 1. The highest BCUT2D eigenvalue weighted by molar-refractivity contribution is 6.05. The van der Waals surface area contributed by atoms with E-state index in [-0.39, 0.29) is 17.5 Å². The van der Waals surface area contributed by atoms with Crippen molar-refractivity contribution < 1.29 is 9.90 Å². The molecule has 120 valence electrons. The smallest absolute Gasteiger partial charge is 0.245 e. The van der Waals surface area contributed by atoms with E-state index in [1.807, 2.05) is 34.6 Å². The van der Waals surface area contributed by atoms with Gasteiger partial charge in [0.1, 0.15) is 11.6 Å². The molecule has 1 saturated heterocycles. The molecule has 0 radical (unpaired) electrons. The van der Waals surface area contributed by atoms with Crippen molar-refractivity contribution in [3.8, 4) is 0 Å². The number of rotatable bonds is 3. The van der Waals surface area contributed by atoms with Gasteiger partial charge in [0.05, 0.1) is 5.54 Å². The lowest BCUT2D eigenvalue weighted by Crippen LogP contribution is -2.56. The number of likely N-dealkylation sites (tertiary alicyclic amines) is 1. The Hall–Kier alpha value is -1.36. The molecule has 21 heavy (non-hydrogen) atoms. The Balaban J connectivity index is 2.74. The Morgan fingerprint density at radius 3 is 2.33 bits per heavy atom. The maximum Gasteiger partial charge on any atom is 0.245 e. The molecule has 1 heterocycles. The Labute approximate surface area is 127 Å². The highest BCUT2D eigenvalue weighted by Gasteiger charge is 2.39. The number of hydrogen-bond donors (Lipinski definition) is 3. The number of aliphatic hydroxyl groups excluding tert-OH is 1. The minimum absolute atomic E-state index is 0.0765. The van der Waals surface area contributed by atoms with Crippen LogP contribution in [0, 0.1) is 10.8 Å². The molecule has 0 spiro atoms. The van der Waals surface area contributed by atoms with Crippen LogP contribution >= 0.6 is 0 Å². The molecule has 0 aliphatic carbocycles. The Bertz CT molecular complexity index is 447. The lowest BCUT2D eigenvalue weighted by Gasteiger charge is -2.37. The van der Waals surface area contributed by atoms with Gasteiger partial charge in [0.15, 0.2) is 0 Å². The van der Waals surface area contributed by atoms with Gasteiger partial charge in [0.2, 0.25) is 5.91 Å². The van der Waals surface area contributed by atoms with E-state index in [0.29, 0.717) is 6.04 Å². The first kappa shape index (κ1) is 17.7. The summed E-state index contributed by atoms with van der Waals surface area (Å²) in [6, 6.07) is 0.374. The van der Waals surface area contributed by atoms with E-state index < -0.39 is 11.0 Å². The standard InChI is InChI=1S/C16H29N3O2/c1-11-8-7-9-19(11)16(5,6)14(21)18-13(17)10-12(20)15(2,3)4/h10-11,20H,7-9H2,1-6H3,(H2,17,18,21)/b12-10-. The summed E-state index contributed by atoms with van der Waals surface area (Å²) in [5.74, 6) is -0.202. The van der Waals surface area contributed by atoms with Gasteiger partial charge in [0, 0.05) is 17.5 Å². The average Bonchev–Trinajstić information content (AvgIpc) is 2.74. The normalized spacial score (nSPS) is 21.4. The maximum absolute atomic E-state index is 12.4. The fraction of sp³-hybridized carbons (Fsp3) is 0.750. The number of nitrogens with one attached hydrogen (secondary N) is 2. The van der Waals surface area contributed by atoms with Gasteiger partial charge in [-0.05, 0) is 40.2 Å². The summed E-state index contributed by atoms with van der Waals surface area (Å²) in [7, 11) is 0. The van der Waals surface area contributed by atoms with Crippen LogP contribution in [0.5, 0.6) is 0 Å². The van der Waals surface area contributed by atoms with Crippen LogP contribution in [0.3, 0.4) is 0 Å². The highest BCUT2D eigenvalue weighted by Crippen LogP contribution is 2.26. The van der Waals surface area contributed by atoms with Crippen LogP contribution in [0.25, 0.3) is 0 Å². The molecule has 0 aromatic rings. The zero-order valence-electron chi connectivity index (χ0n) is 14.1. The van der Waals surface area contributed by atoms with Crippen LogP contribution in [0.4, 0.5) is 0 Å². The van der Waals surface area contributed by atoms with Crippen molar-refractivity contribution in [2.75, 3.05) is 6.54 Å². The van der Waals surface area contributed by atoms with Crippen molar-refractivity contribution in [3.05, 3.63) is 11.8 Å². The van der Waals surface area contributed by atoms with E-state index in [0.717, 1.165) is 19.4 Å². The monoisotopic (exact) mass is 295 g/mol. The minimum Gasteiger partial charge on any atom is -0.512 e. The van der Waals surface area contributed by atoms with Gasteiger partial charge >= 0.3 is 0 Å². The largest absolute Gasteiger partial charge is 0.512 e. The van der Waals surface area contributed by atoms with Gasteiger partial charge in [-0.1, -0.05) is 20.8 Å². The van der Waals surface area contributed by atoms with Crippen molar-refractivity contribution in [3.63, 3.8) is 0 Å². The molecule has 0 aromatic heterocycles. The van der Waals surface area contributed by atoms with E-state index in [1.165, 1.54) is 6.08 Å². The lowest BCUT2D eigenvalue weighted by atomic mass is 9.93. The third kappa shape index (κ3) is 4.30. The number of carbonyl (C=O) groups excluding carboxylic acids is 1. The predicted molar refractivity (Wildman–Crippen MR) is 85.5 cm³/mol. The molecule has 1 rings (SSSR count). The molecular weight excluding hydrogens is 266 g/mol. The molecule has 1 aliphatic rings. The molecule has 0 saturated carbocycles. The van der Waals surface area contributed by atoms with E-state index in [4.69, 9.17) is 5.41 Å². The fourth-order valence-corrected chi connectivity index (χ4v) is 2.56. The first-order chi connectivity index (χ1) is 9.46. The number of amides is 1. The van der Waals surface area contributed by atoms with Crippen molar-refractivity contribution >= 4 is 11.7 Å². The van der Waals surface area contributed by atoms with Gasteiger partial charge in [-0.2, -0.15) is 0 Å². The number of amidine groups is 1. The topological polar surface area (TPSA) is 76.4 Å². The van der Waals surface area contributed by atoms with Crippen LogP contribution in [0.15, 0.2) is 11.8 Å². The van der Waals surface area contributed by atoms with Crippen LogP contribution in [-0.4, -0.2) is 39.9 Å². The van der Waals surface area contributed by atoms with E-state index in [1.54, 1.807) is 0 Å². The van der Waals surface area contributed by atoms with Gasteiger partial charge in [0.25, 0.3) is 0 Å². The van der Waals surface area contributed by atoms with Crippen LogP contribution < -0.4 is 5.32 Å². The molecule has 0 bridgehead atoms. The zero-order valence-corrected chi connectivity index (χ0v) is 14.1. The van der Waals surface area contributed by atoms with Gasteiger partial charge in [-0.3, -0.25) is 15.1 Å². The van der Waals surface area contributed by atoms with Gasteiger partial charge in [-0.15, -0.1) is 0 Å². The second kappa shape index (κ2) is 6.18. The average molecular weight is 295 g/mol. The molecular formula is C16H29N3O2. The molecule has 3 N–H and O–H groups in total. The molecule has 0 aromatic carbocycles. The summed E-state index contributed by atoms with van der Waals surface area (Å²) in [6.07, 6.45) is 3.50. The predicted octanol–water partition coefficient (Wildman–Crippen LogP) is 2.83. The van der Waals surface area contributed by atoms with Crippen molar-refractivity contribution in [2.24, 2.45) is 5.41 Å². The second-order valence-electron chi connectivity index (χ2n) is 7.39. The number of allylic oxidation sites excluding steroid dienone is 1. The van der Waals surface area contributed by atoms with Crippen LogP contribution in [0.2, 0.25) is 0 Å². The number of hydrogen-bond acceptors (Lipinski definition) is 4. The summed E-state index contributed by atoms with van der Waals surface area (Å²) < 4.78 is 0. The van der Waals surface area contributed by atoms with Gasteiger partial charge in [-0.25, -0.2) is 0 Å². The molecule has 1 fully saturated rings. The minimum atomic E-state index is -0.659. The first-order valence-corrected chi connectivity index (χ1v) is 7.54. The zero-order chi connectivity index (χ0) is 16.4.